The van der Waals surface area contributed by atoms with Gasteiger partial charge in [-0.25, -0.2) is 19.7 Å². The van der Waals surface area contributed by atoms with E-state index in [-0.39, 0.29) is 11.2 Å². The molecule has 0 aliphatic rings. The molecule has 0 fully saturated rings. The second kappa shape index (κ2) is 6.61. The highest BCUT2D eigenvalue weighted by molar-refractivity contribution is 7.99. The fraction of sp³-hybridized carbons (Fsp3) is 0.333. The summed E-state index contributed by atoms with van der Waals surface area (Å²) >= 11 is 1.52. The number of aryl methyl sites for hydroxylation is 3. The summed E-state index contributed by atoms with van der Waals surface area (Å²) in [6, 6.07) is 2.84. The number of nitrogens with zero attached hydrogens (tertiary/aromatic N) is 6. The average molecular weight is 422 g/mol. The zero-order chi connectivity index (χ0) is 21.1. The van der Waals surface area contributed by atoms with Crippen molar-refractivity contribution in [3.63, 3.8) is 0 Å². The number of pyridine rings is 2. The first-order chi connectivity index (χ1) is 13.6. The van der Waals surface area contributed by atoms with E-state index in [0.717, 1.165) is 22.9 Å². The van der Waals surface area contributed by atoms with Gasteiger partial charge in [-0.05, 0) is 17.9 Å². The minimum Gasteiger partial charge on any atom is -0.310 e. The van der Waals surface area contributed by atoms with Gasteiger partial charge in [0.2, 0.25) is 0 Å². The SMILES string of the molecule is CCSc1cc2c(nc1-c1nc3cc(C(F)(F)F)cnc3n1C)n(C)c(=O)n2C. The van der Waals surface area contributed by atoms with E-state index >= 15 is 0 Å². The number of rotatable bonds is 3. The number of aromatic nitrogens is 6. The summed E-state index contributed by atoms with van der Waals surface area (Å²) in [5.74, 6) is 1.14. The van der Waals surface area contributed by atoms with Crippen LogP contribution in [0.3, 0.4) is 0 Å². The van der Waals surface area contributed by atoms with Crippen molar-refractivity contribution in [1.82, 2.24) is 28.7 Å². The van der Waals surface area contributed by atoms with E-state index in [0.29, 0.717) is 28.3 Å². The van der Waals surface area contributed by atoms with Gasteiger partial charge in [0.25, 0.3) is 0 Å². The van der Waals surface area contributed by atoms with Crippen LogP contribution < -0.4 is 5.69 Å². The maximum atomic E-state index is 13.0. The summed E-state index contributed by atoms with van der Waals surface area (Å²) in [4.78, 5) is 26.1. The van der Waals surface area contributed by atoms with Gasteiger partial charge in [-0.2, -0.15) is 13.2 Å². The van der Waals surface area contributed by atoms with Gasteiger partial charge in [-0.1, -0.05) is 6.92 Å². The molecule has 0 aliphatic heterocycles. The molecule has 152 valence electrons. The van der Waals surface area contributed by atoms with Crippen molar-refractivity contribution in [2.24, 2.45) is 21.1 Å². The number of hydrogen-bond donors (Lipinski definition) is 0. The molecule has 0 atom stereocenters. The van der Waals surface area contributed by atoms with E-state index in [1.807, 2.05) is 13.0 Å². The summed E-state index contributed by atoms with van der Waals surface area (Å²) < 4.78 is 43.7. The predicted molar refractivity (Wildman–Crippen MR) is 105 cm³/mol. The third-order valence-electron chi connectivity index (χ3n) is 4.75. The van der Waals surface area contributed by atoms with Crippen molar-refractivity contribution >= 4 is 34.1 Å². The fourth-order valence-corrected chi connectivity index (χ4v) is 4.04. The summed E-state index contributed by atoms with van der Waals surface area (Å²) in [7, 11) is 4.98. The maximum absolute atomic E-state index is 13.0. The van der Waals surface area contributed by atoms with Crippen molar-refractivity contribution in [3.05, 3.63) is 34.4 Å². The molecule has 0 aromatic carbocycles. The monoisotopic (exact) mass is 422 g/mol. The number of hydrogen-bond acceptors (Lipinski definition) is 5. The maximum Gasteiger partial charge on any atom is 0.417 e. The predicted octanol–water partition coefficient (Wildman–Crippen LogP) is 3.35. The quantitative estimate of drug-likeness (QED) is 0.474. The van der Waals surface area contributed by atoms with Crippen LogP contribution in [-0.4, -0.2) is 34.4 Å². The summed E-state index contributed by atoms with van der Waals surface area (Å²) in [5, 5.41) is 0. The van der Waals surface area contributed by atoms with E-state index in [1.54, 1.807) is 25.7 Å². The second-order valence-electron chi connectivity index (χ2n) is 6.57. The van der Waals surface area contributed by atoms with Crippen LogP contribution in [0.25, 0.3) is 33.8 Å². The molecule has 0 unspecified atom stereocenters. The van der Waals surface area contributed by atoms with E-state index in [2.05, 4.69) is 15.0 Å². The minimum absolute atomic E-state index is 0.133. The first-order valence-corrected chi connectivity index (χ1v) is 9.71. The van der Waals surface area contributed by atoms with Gasteiger partial charge in [0.05, 0.1) is 11.1 Å². The van der Waals surface area contributed by atoms with Crippen molar-refractivity contribution in [3.8, 4) is 11.5 Å². The number of thioether (sulfide) groups is 1. The van der Waals surface area contributed by atoms with E-state index in [1.165, 1.54) is 20.9 Å². The Hall–Kier alpha value is -2.82. The van der Waals surface area contributed by atoms with Crippen molar-refractivity contribution < 1.29 is 13.2 Å². The highest BCUT2D eigenvalue weighted by Crippen LogP contribution is 2.35. The van der Waals surface area contributed by atoms with Gasteiger partial charge in [-0.3, -0.25) is 9.13 Å². The molecule has 4 aromatic rings. The minimum atomic E-state index is -4.50. The molecule has 4 aromatic heterocycles. The molecule has 29 heavy (non-hydrogen) atoms. The standard InChI is InChI=1S/C18H17F3N6OS/c1-5-29-12-7-11-15(27(4)17(28)25(11)2)24-13(12)16-23-10-6-9(18(19,20)21)8-22-14(10)26(16)3/h6-8H,5H2,1-4H3. The molecular formula is C18H17F3N6OS. The number of alkyl halides is 3. The third kappa shape index (κ3) is 3.00. The van der Waals surface area contributed by atoms with Crippen molar-refractivity contribution in [2.45, 2.75) is 18.0 Å². The molecule has 0 amide bonds. The molecule has 0 radical (unpaired) electrons. The lowest BCUT2D eigenvalue weighted by Crippen LogP contribution is -2.19. The Labute approximate surface area is 167 Å². The lowest BCUT2D eigenvalue weighted by atomic mass is 10.2. The zero-order valence-corrected chi connectivity index (χ0v) is 16.9. The molecule has 0 bridgehead atoms. The topological polar surface area (TPSA) is 70.5 Å². The van der Waals surface area contributed by atoms with Crippen LogP contribution in [0.1, 0.15) is 12.5 Å². The van der Waals surface area contributed by atoms with E-state index in [9.17, 15) is 18.0 Å². The Morgan fingerprint density at radius 1 is 1.03 bits per heavy atom. The van der Waals surface area contributed by atoms with Crippen LogP contribution >= 0.6 is 11.8 Å². The summed E-state index contributed by atoms with van der Waals surface area (Å²) in [5.41, 5.74) is 1.04. The van der Waals surface area contributed by atoms with Crippen LogP contribution in [0.15, 0.2) is 28.0 Å². The van der Waals surface area contributed by atoms with Crippen LogP contribution in [0.4, 0.5) is 13.2 Å². The van der Waals surface area contributed by atoms with Gasteiger partial charge in [-0.15, -0.1) is 11.8 Å². The lowest BCUT2D eigenvalue weighted by Gasteiger charge is -2.09. The molecule has 0 spiro atoms. The Bertz CT molecular complexity index is 1320. The number of halogens is 3. The van der Waals surface area contributed by atoms with Crippen molar-refractivity contribution in [2.75, 3.05) is 5.75 Å². The average Bonchev–Trinajstić information content (AvgIpc) is 3.10. The smallest absolute Gasteiger partial charge is 0.310 e. The van der Waals surface area contributed by atoms with E-state index in [4.69, 9.17) is 0 Å². The number of fused-ring (bicyclic) bond motifs is 2. The fourth-order valence-electron chi connectivity index (χ4n) is 3.26. The molecule has 0 saturated heterocycles. The molecule has 11 heteroatoms. The molecule has 4 heterocycles. The molecular weight excluding hydrogens is 405 g/mol. The lowest BCUT2D eigenvalue weighted by molar-refractivity contribution is -0.137. The Balaban J connectivity index is 2.01. The van der Waals surface area contributed by atoms with Crippen LogP contribution in [0, 0.1) is 0 Å². The van der Waals surface area contributed by atoms with Crippen LogP contribution in [0.2, 0.25) is 0 Å². The van der Waals surface area contributed by atoms with Gasteiger partial charge >= 0.3 is 11.9 Å². The normalized spacial score (nSPS) is 12.4. The first kappa shape index (κ1) is 19.5. The molecule has 7 nitrogen and oxygen atoms in total. The first-order valence-electron chi connectivity index (χ1n) is 8.72. The van der Waals surface area contributed by atoms with Gasteiger partial charge in [0.1, 0.15) is 11.2 Å². The Kier molecular flexibility index (Phi) is 4.45. The molecule has 0 N–H and O–H groups in total. The molecule has 0 saturated carbocycles. The van der Waals surface area contributed by atoms with Gasteiger partial charge < -0.3 is 4.57 Å². The third-order valence-corrected chi connectivity index (χ3v) is 5.66. The Morgan fingerprint density at radius 2 is 1.76 bits per heavy atom. The zero-order valence-electron chi connectivity index (χ0n) is 16.1. The Morgan fingerprint density at radius 3 is 2.41 bits per heavy atom. The van der Waals surface area contributed by atoms with Gasteiger partial charge in [0.15, 0.2) is 17.1 Å². The van der Waals surface area contributed by atoms with Crippen LogP contribution in [0.5, 0.6) is 0 Å². The molecule has 4 rings (SSSR count). The van der Waals surface area contributed by atoms with E-state index < -0.39 is 11.7 Å². The van der Waals surface area contributed by atoms with Gasteiger partial charge in [0, 0.05) is 32.2 Å². The summed E-state index contributed by atoms with van der Waals surface area (Å²) in [6.45, 7) is 1.98. The number of imidazole rings is 2. The van der Waals surface area contributed by atoms with Crippen LogP contribution in [-0.2, 0) is 27.3 Å². The molecule has 0 aliphatic carbocycles. The summed E-state index contributed by atoms with van der Waals surface area (Å²) in [6.07, 6.45) is -3.70. The van der Waals surface area contributed by atoms with Crippen molar-refractivity contribution in [1.29, 1.82) is 0 Å². The highest BCUT2D eigenvalue weighted by atomic mass is 32.2. The largest absolute Gasteiger partial charge is 0.417 e. The highest BCUT2D eigenvalue weighted by Gasteiger charge is 2.32. The second-order valence-corrected chi connectivity index (χ2v) is 7.88.